The van der Waals surface area contributed by atoms with Gasteiger partial charge in [-0.1, -0.05) is 33.8 Å². The van der Waals surface area contributed by atoms with Gasteiger partial charge in [0.25, 0.3) is 0 Å². The Morgan fingerprint density at radius 1 is 1.43 bits per heavy atom. The molecular formula is C12H25NO. The third-order valence-corrected chi connectivity index (χ3v) is 2.07. The molecule has 0 rings (SSSR count). The molecule has 0 saturated heterocycles. The summed E-state index contributed by atoms with van der Waals surface area (Å²) in [6, 6.07) is 0. The first kappa shape index (κ1) is 15.7. The van der Waals surface area contributed by atoms with Gasteiger partial charge in [0.05, 0.1) is 0 Å². The van der Waals surface area contributed by atoms with Crippen LogP contribution in [-0.2, 0) is 4.79 Å². The van der Waals surface area contributed by atoms with E-state index in [0.717, 1.165) is 12.8 Å². The smallest absolute Gasteiger partial charge is 0.223 e. The van der Waals surface area contributed by atoms with Crippen LogP contribution in [0.2, 0.25) is 0 Å². The average Bonchev–Trinajstić information content (AvgIpc) is 2.20. The number of allylic oxidation sites excluding steroid dienone is 1. The van der Waals surface area contributed by atoms with Crippen molar-refractivity contribution in [1.82, 2.24) is 5.32 Å². The maximum atomic E-state index is 11.3. The molecule has 0 aromatic rings. The van der Waals surface area contributed by atoms with Crippen LogP contribution in [0.15, 0.2) is 12.7 Å². The molecule has 2 heteroatoms. The number of hydrogen-bond donors (Lipinski definition) is 1. The largest absolute Gasteiger partial charge is 0.359 e. The summed E-state index contributed by atoms with van der Waals surface area (Å²) in [6.45, 7) is 11.8. The molecule has 0 aliphatic carbocycles. The molecule has 1 N–H and O–H groups in total. The summed E-state index contributed by atoms with van der Waals surface area (Å²) in [4.78, 5) is 11.3. The zero-order chi connectivity index (χ0) is 11.6. The molecule has 0 heterocycles. The Hall–Kier alpha value is -0.790. The number of carbonyl (C=O) groups is 1. The molecule has 1 atom stereocenters. The minimum atomic E-state index is 0.132. The molecule has 14 heavy (non-hydrogen) atoms. The van der Waals surface area contributed by atoms with E-state index in [2.05, 4.69) is 25.7 Å². The number of amides is 1. The lowest BCUT2D eigenvalue weighted by molar-refractivity contribution is -0.126. The number of hydrogen-bond acceptors (Lipinski definition) is 1. The van der Waals surface area contributed by atoms with Crippen molar-refractivity contribution in [3.63, 3.8) is 0 Å². The van der Waals surface area contributed by atoms with Crippen LogP contribution in [0.3, 0.4) is 0 Å². The zero-order valence-electron chi connectivity index (χ0n) is 10.3. The second kappa shape index (κ2) is 10.3. The van der Waals surface area contributed by atoms with Gasteiger partial charge < -0.3 is 5.32 Å². The zero-order valence-corrected chi connectivity index (χ0v) is 10.3. The van der Waals surface area contributed by atoms with Gasteiger partial charge >= 0.3 is 0 Å². The summed E-state index contributed by atoms with van der Waals surface area (Å²) in [5.41, 5.74) is 0. The summed E-state index contributed by atoms with van der Waals surface area (Å²) in [5.74, 6) is 0.685. The van der Waals surface area contributed by atoms with Crippen molar-refractivity contribution >= 4 is 5.91 Å². The quantitative estimate of drug-likeness (QED) is 0.678. The number of carbonyl (C=O) groups excluding carboxylic acids is 1. The molecule has 0 aliphatic heterocycles. The van der Waals surface area contributed by atoms with Crippen molar-refractivity contribution in [2.24, 2.45) is 11.8 Å². The molecule has 0 aliphatic rings. The molecule has 84 valence electrons. The highest BCUT2D eigenvalue weighted by molar-refractivity contribution is 5.78. The molecule has 0 radical (unpaired) electrons. The third kappa shape index (κ3) is 6.70. The Balaban J connectivity index is 0. The molecule has 0 aromatic heterocycles. The van der Waals surface area contributed by atoms with Crippen LogP contribution in [0.1, 0.15) is 40.5 Å². The van der Waals surface area contributed by atoms with Crippen LogP contribution >= 0.6 is 0 Å². The predicted octanol–water partition coefficient (Wildman–Crippen LogP) is 3.00. The van der Waals surface area contributed by atoms with Crippen molar-refractivity contribution in [3.8, 4) is 0 Å². The van der Waals surface area contributed by atoms with E-state index in [4.69, 9.17) is 0 Å². The maximum Gasteiger partial charge on any atom is 0.223 e. The van der Waals surface area contributed by atoms with Crippen LogP contribution in [0.25, 0.3) is 0 Å². The Morgan fingerprint density at radius 2 is 1.93 bits per heavy atom. The predicted molar refractivity (Wildman–Crippen MR) is 63.2 cm³/mol. The summed E-state index contributed by atoms with van der Waals surface area (Å²) in [7, 11) is 1.69. The average molecular weight is 199 g/mol. The van der Waals surface area contributed by atoms with Crippen molar-refractivity contribution in [2.75, 3.05) is 7.05 Å². The van der Waals surface area contributed by atoms with E-state index in [0.29, 0.717) is 5.92 Å². The highest BCUT2D eigenvalue weighted by Crippen LogP contribution is 2.17. The van der Waals surface area contributed by atoms with E-state index in [1.165, 1.54) is 0 Å². The summed E-state index contributed by atoms with van der Waals surface area (Å²) >= 11 is 0. The van der Waals surface area contributed by atoms with Gasteiger partial charge in [-0.15, -0.1) is 6.58 Å². The fourth-order valence-corrected chi connectivity index (χ4v) is 1.25. The normalized spacial score (nSPS) is 11.3. The van der Waals surface area contributed by atoms with Crippen LogP contribution in [0.5, 0.6) is 0 Å². The Kier molecular flexibility index (Phi) is 11.5. The van der Waals surface area contributed by atoms with Gasteiger partial charge in [-0.05, 0) is 18.8 Å². The van der Waals surface area contributed by atoms with E-state index in [1.54, 1.807) is 7.05 Å². The maximum absolute atomic E-state index is 11.3. The lowest BCUT2D eigenvalue weighted by Gasteiger charge is -2.17. The number of rotatable bonds is 5. The van der Waals surface area contributed by atoms with Gasteiger partial charge in [-0.3, -0.25) is 4.79 Å². The van der Waals surface area contributed by atoms with E-state index >= 15 is 0 Å². The fraction of sp³-hybridized carbons (Fsp3) is 0.750. The van der Waals surface area contributed by atoms with Gasteiger partial charge in [-0.25, -0.2) is 0 Å². The van der Waals surface area contributed by atoms with Crippen molar-refractivity contribution in [1.29, 1.82) is 0 Å². The lowest BCUT2D eigenvalue weighted by atomic mass is 9.90. The molecule has 1 amide bonds. The molecule has 0 spiro atoms. The summed E-state index contributed by atoms with van der Waals surface area (Å²) in [6.07, 6.45) is 3.68. The fourth-order valence-electron chi connectivity index (χ4n) is 1.25. The summed E-state index contributed by atoms with van der Waals surface area (Å²) < 4.78 is 0. The molecule has 0 bridgehead atoms. The van der Waals surface area contributed by atoms with Gasteiger partial charge in [-0.2, -0.15) is 0 Å². The van der Waals surface area contributed by atoms with Gasteiger partial charge in [0.15, 0.2) is 0 Å². The first-order chi connectivity index (χ1) is 6.63. The van der Waals surface area contributed by atoms with Gasteiger partial charge in [0.2, 0.25) is 5.91 Å². The standard InChI is InChI=1S/C10H19NO.C2H6/c1-5-6-7-9(8(2)3)10(12)11-4;1-2/h5,8-9H,1,6-7H2,2-4H3,(H,11,12);1-2H3. The Morgan fingerprint density at radius 3 is 2.21 bits per heavy atom. The SMILES string of the molecule is C=CCCC(C(=O)NC)C(C)C.CC. The highest BCUT2D eigenvalue weighted by atomic mass is 16.1. The van der Waals surface area contributed by atoms with E-state index < -0.39 is 0 Å². The molecule has 1 unspecified atom stereocenters. The van der Waals surface area contributed by atoms with E-state index in [-0.39, 0.29) is 11.8 Å². The lowest BCUT2D eigenvalue weighted by Crippen LogP contribution is -2.30. The third-order valence-electron chi connectivity index (χ3n) is 2.07. The van der Waals surface area contributed by atoms with Crippen molar-refractivity contribution < 1.29 is 4.79 Å². The van der Waals surface area contributed by atoms with E-state index in [1.807, 2.05) is 19.9 Å². The number of nitrogens with one attached hydrogen (secondary N) is 1. The van der Waals surface area contributed by atoms with Crippen LogP contribution < -0.4 is 5.32 Å². The van der Waals surface area contributed by atoms with Crippen LogP contribution in [0.4, 0.5) is 0 Å². The summed E-state index contributed by atoms with van der Waals surface area (Å²) in [5, 5.41) is 2.68. The monoisotopic (exact) mass is 199 g/mol. The van der Waals surface area contributed by atoms with Crippen LogP contribution in [-0.4, -0.2) is 13.0 Å². The second-order valence-corrected chi connectivity index (χ2v) is 3.33. The molecular weight excluding hydrogens is 174 g/mol. The Bertz CT molecular complexity index is 152. The van der Waals surface area contributed by atoms with Gasteiger partial charge in [0.1, 0.15) is 0 Å². The molecule has 2 nitrogen and oxygen atoms in total. The minimum absolute atomic E-state index is 0.132. The van der Waals surface area contributed by atoms with Crippen molar-refractivity contribution in [2.45, 2.75) is 40.5 Å². The second-order valence-electron chi connectivity index (χ2n) is 3.33. The van der Waals surface area contributed by atoms with Crippen LogP contribution in [0, 0.1) is 11.8 Å². The van der Waals surface area contributed by atoms with E-state index in [9.17, 15) is 4.79 Å². The first-order valence-corrected chi connectivity index (χ1v) is 5.46. The van der Waals surface area contributed by atoms with Gasteiger partial charge in [0, 0.05) is 13.0 Å². The molecule has 0 aromatic carbocycles. The Labute approximate surface area is 88.8 Å². The minimum Gasteiger partial charge on any atom is -0.359 e. The molecule has 0 saturated carbocycles. The first-order valence-electron chi connectivity index (χ1n) is 5.46. The highest BCUT2D eigenvalue weighted by Gasteiger charge is 2.19. The molecule has 0 fully saturated rings. The van der Waals surface area contributed by atoms with Crippen molar-refractivity contribution in [3.05, 3.63) is 12.7 Å². The topological polar surface area (TPSA) is 29.1 Å².